The van der Waals surface area contributed by atoms with Gasteiger partial charge in [0.2, 0.25) is 5.91 Å². The van der Waals surface area contributed by atoms with Crippen molar-refractivity contribution in [3.63, 3.8) is 0 Å². The van der Waals surface area contributed by atoms with Crippen molar-refractivity contribution in [3.8, 4) is 5.75 Å². The molecule has 0 spiro atoms. The zero-order valence-electron chi connectivity index (χ0n) is 13.9. The zero-order valence-corrected chi connectivity index (χ0v) is 13.9. The van der Waals surface area contributed by atoms with E-state index in [-0.39, 0.29) is 5.91 Å². The van der Waals surface area contributed by atoms with Crippen molar-refractivity contribution in [2.75, 3.05) is 20.7 Å². The molecule has 0 saturated heterocycles. The molecular formula is C18H29NO2. The van der Waals surface area contributed by atoms with Crippen molar-refractivity contribution in [1.82, 2.24) is 4.90 Å². The van der Waals surface area contributed by atoms with Crippen molar-refractivity contribution < 1.29 is 9.53 Å². The molecule has 0 bridgehead atoms. The van der Waals surface area contributed by atoms with Crippen LogP contribution in [-0.2, 0) is 11.2 Å². The lowest BCUT2D eigenvalue weighted by Gasteiger charge is -2.20. The Bertz CT molecular complexity index is 414. The van der Waals surface area contributed by atoms with Crippen LogP contribution < -0.4 is 4.74 Å². The first-order chi connectivity index (χ1) is 10.1. The highest BCUT2D eigenvalue weighted by Crippen LogP contribution is 2.14. The second-order valence-corrected chi connectivity index (χ2v) is 5.84. The molecule has 1 amide bonds. The maximum absolute atomic E-state index is 12.0. The van der Waals surface area contributed by atoms with E-state index in [1.54, 1.807) is 7.11 Å². The van der Waals surface area contributed by atoms with Gasteiger partial charge in [-0.3, -0.25) is 4.79 Å². The van der Waals surface area contributed by atoms with Gasteiger partial charge in [0, 0.05) is 20.0 Å². The Hall–Kier alpha value is -1.51. The molecule has 1 atom stereocenters. The minimum Gasteiger partial charge on any atom is -0.497 e. The summed E-state index contributed by atoms with van der Waals surface area (Å²) in [6.07, 6.45) is 4.80. The normalized spacial score (nSPS) is 12.0. The molecule has 1 unspecified atom stereocenters. The van der Waals surface area contributed by atoms with Gasteiger partial charge >= 0.3 is 0 Å². The van der Waals surface area contributed by atoms with E-state index >= 15 is 0 Å². The van der Waals surface area contributed by atoms with Gasteiger partial charge in [0.25, 0.3) is 0 Å². The van der Waals surface area contributed by atoms with Crippen molar-refractivity contribution in [3.05, 3.63) is 29.8 Å². The van der Waals surface area contributed by atoms with Crippen molar-refractivity contribution >= 4 is 5.91 Å². The van der Waals surface area contributed by atoms with Crippen LogP contribution >= 0.6 is 0 Å². The Balaban J connectivity index is 2.22. The van der Waals surface area contributed by atoms with Crippen LogP contribution in [0.4, 0.5) is 0 Å². The standard InChI is InChI=1S/C18H29NO2/c1-5-15(2)14-19(3)18(20)9-7-6-8-16-10-12-17(21-4)13-11-16/h10-13,15H,5-9,14H2,1-4H3. The number of amides is 1. The fourth-order valence-corrected chi connectivity index (χ4v) is 2.29. The van der Waals surface area contributed by atoms with E-state index < -0.39 is 0 Å². The molecule has 0 aliphatic rings. The first-order valence-corrected chi connectivity index (χ1v) is 7.93. The van der Waals surface area contributed by atoms with E-state index in [0.717, 1.165) is 38.0 Å². The van der Waals surface area contributed by atoms with E-state index in [2.05, 4.69) is 26.0 Å². The smallest absolute Gasteiger partial charge is 0.222 e. The van der Waals surface area contributed by atoms with Gasteiger partial charge in [-0.15, -0.1) is 0 Å². The van der Waals surface area contributed by atoms with Crippen LogP contribution in [0.1, 0.15) is 45.1 Å². The Morgan fingerprint density at radius 1 is 1.24 bits per heavy atom. The second-order valence-electron chi connectivity index (χ2n) is 5.84. The molecule has 0 aliphatic carbocycles. The molecule has 1 aromatic carbocycles. The van der Waals surface area contributed by atoms with Crippen molar-refractivity contribution in [2.24, 2.45) is 5.92 Å². The number of hydrogen-bond acceptors (Lipinski definition) is 2. The van der Waals surface area contributed by atoms with Crippen LogP contribution in [0.15, 0.2) is 24.3 Å². The zero-order chi connectivity index (χ0) is 15.7. The number of methoxy groups -OCH3 is 1. The minimum atomic E-state index is 0.269. The molecule has 0 aliphatic heterocycles. The van der Waals surface area contributed by atoms with Gasteiger partial charge in [-0.25, -0.2) is 0 Å². The summed E-state index contributed by atoms with van der Waals surface area (Å²) in [7, 11) is 3.59. The summed E-state index contributed by atoms with van der Waals surface area (Å²) in [5.41, 5.74) is 1.30. The highest BCUT2D eigenvalue weighted by atomic mass is 16.5. The topological polar surface area (TPSA) is 29.5 Å². The minimum absolute atomic E-state index is 0.269. The van der Waals surface area contributed by atoms with E-state index in [0.29, 0.717) is 12.3 Å². The van der Waals surface area contributed by atoms with Gasteiger partial charge in [-0.1, -0.05) is 32.4 Å². The van der Waals surface area contributed by atoms with E-state index in [1.807, 2.05) is 24.1 Å². The predicted molar refractivity (Wildman–Crippen MR) is 87.6 cm³/mol. The molecule has 0 saturated carbocycles. The molecule has 0 aromatic heterocycles. The lowest BCUT2D eigenvalue weighted by Crippen LogP contribution is -2.30. The number of rotatable bonds is 9. The van der Waals surface area contributed by atoms with Gasteiger partial charge < -0.3 is 9.64 Å². The number of aryl methyl sites for hydroxylation is 1. The Kier molecular flexibility index (Phi) is 7.88. The van der Waals surface area contributed by atoms with Gasteiger partial charge in [0.15, 0.2) is 0 Å². The molecule has 21 heavy (non-hydrogen) atoms. The van der Waals surface area contributed by atoms with E-state index in [9.17, 15) is 4.79 Å². The largest absolute Gasteiger partial charge is 0.497 e. The fraction of sp³-hybridized carbons (Fsp3) is 0.611. The molecule has 0 N–H and O–H groups in total. The molecule has 0 fully saturated rings. The number of benzene rings is 1. The van der Waals surface area contributed by atoms with Gasteiger partial charge in [0.05, 0.1) is 7.11 Å². The predicted octanol–water partition coefficient (Wildman–Crippen LogP) is 3.91. The first kappa shape index (κ1) is 17.5. The average Bonchev–Trinajstić information content (AvgIpc) is 2.51. The van der Waals surface area contributed by atoms with Crippen LogP contribution in [0.2, 0.25) is 0 Å². The Morgan fingerprint density at radius 2 is 1.90 bits per heavy atom. The summed E-state index contributed by atoms with van der Waals surface area (Å²) in [5, 5.41) is 0. The number of unbranched alkanes of at least 4 members (excludes halogenated alkanes) is 1. The lowest BCUT2D eigenvalue weighted by molar-refractivity contribution is -0.130. The molecule has 118 valence electrons. The quantitative estimate of drug-likeness (QED) is 0.646. The third-order valence-corrected chi connectivity index (χ3v) is 3.97. The SMILES string of the molecule is CCC(C)CN(C)C(=O)CCCCc1ccc(OC)cc1. The van der Waals surface area contributed by atoms with Crippen molar-refractivity contribution in [2.45, 2.75) is 46.0 Å². The molecule has 0 heterocycles. The Morgan fingerprint density at radius 3 is 2.48 bits per heavy atom. The number of ether oxygens (including phenoxy) is 1. The van der Waals surface area contributed by atoms with Crippen LogP contribution in [0.3, 0.4) is 0 Å². The summed E-state index contributed by atoms with van der Waals surface area (Å²) in [6, 6.07) is 8.16. The number of carbonyl (C=O) groups is 1. The highest BCUT2D eigenvalue weighted by molar-refractivity contribution is 5.75. The maximum atomic E-state index is 12.0. The number of nitrogens with zero attached hydrogens (tertiary/aromatic N) is 1. The summed E-state index contributed by atoms with van der Waals surface area (Å²) in [6.45, 7) is 5.22. The third kappa shape index (κ3) is 6.65. The molecule has 1 rings (SSSR count). The van der Waals surface area contributed by atoms with Gasteiger partial charge in [-0.05, 0) is 42.9 Å². The summed E-state index contributed by atoms with van der Waals surface area (Å²) in [5.74, 6) is 1.74. The number of carbonyl (C=O) groups excluding carboxylic acids is 1. The maximum Gasteiger partial charge on any atom is 0.222 e. The van der Waals surface area contributed by atoms with Crippen molar-refractivity contribution in [1.29, 1.82) is 0 Å². The van der Waals surface area contributed by atoms with Gasteiger partial charge in [0.1, 0.15) is 5.75 Å². The van der Waals surface area contributed by atoms with Crippen LogP contribution in [0.25, 0.3) is 0 Å². The van der Waals surface area contributed by atoms with E-state index in [1.165, 1.54) is 5.56 Å². The monoisotopic (exact) mass is 291 g/mol. The molecule has 0 radical (unpaired) electrons. The van der Waals surface area contributed by atoms with Crippen LogP contribution in [-0.4, -0.2) is 31.5 Å². The fourth-order valence-electron chi connectivity index (χ4n) is 2.29. The second kappa shape index (κ2) is 9.43. The summed E-state index contributed by atoms with van der Waals surface area (Å²) in [4.78, 5) is 13.9. The Labute approximate surface area is 129 Å². The summed E-state index contributed by atoms with van der Waals surface area (Å²) >= 11 is 0. The third-order valence-electron chi connectivity index (χ3n) is 3.97. The van der Waals surface area contributed by atoms with Gasteiger partial charge in [-0.2, -0.15) is 0 Å². The number of hydrogen-bond donors (Lipinski definition) is 0. The molecular weight excluding hydrogens is 262 g/mol. The van der Waals surface area contributed by atoms with Crippen LogP contribution in [0.5, 0.6) is 5.75 Å². The molecule has 3 nitrogen and oxygen atoms in total. The summed E-state index contributed by atoms with van der Waals surface area (Å²) < 4.78 is 5.14. The highest BCUT2D eigenvalue weighted by Gasteiger charge is 2.10. The van der Waals surface area contributed by atoms with E-state index in [4.69, 9.17) is 4.74 Å². The first-order valence-electron chi connectivity index (χ1n) is 7.93. The lowest BCUT2D eigenvalue weighted by atomic mass is 10.1. The molecule has 1 aromatic rings. The molecule has 3 heteroatoms. The van der Waals surface area contributed by atoms with Crippen LogP contribution in [0, 0.1) is 5.92 Å². The average molecular weight is 291 g/mol.